The first-order chi connectivity index (χ1) is 15.4. The zero-order valence-corrected chi connectivity index (χ0v) is 18.7. The molecule has 32 heavy (non-hydrogen) atoms. The van der Waals surface area contributed by atoms with Gasteiger partial charge in [0.2, 0.25) is 0 Å². The number of hydrogen-bond acceptors (Lipinski definition) is 4. The molecule has 0 atom stereocenters. The van der Waals surface area contributed by atoms with Gasteiger partial charge in [-0.1, -0.05) is 38.1 Å². The first kappa shape index (κ1) is 22.2. The molecule has 1 spiro atoms. The molecular formula is C26H28FNO4. The number of rotatable bonds is 5. The lowest BCUT2D eigenvalue weighted by Crippen LogP contribution is -2.49. The fraction of sp³-hybridized carbons (Fsp3) is 0.385. The quantitative estimate of drug-likeness (QED) is 0.689. The predicted molar refractivity (Wildman–Crippen MR) is 120 cm³/mol. The standard InChI is InChI=1S/C26H28FNO4/c1-4-19-20(17-7-9-18(27)10-8-17)11-6-16(3)22(19)23-24(32-21(29)5-2)26(28-25(23)30)12-14-31-15-13-26/h6-11H,4-5,12-15H2,1-3H3,(H,28,30). The molecule has 0 unspecified atom stereocenters. The van der Waals surface area contributed by atoms with Crippen molar-refractivity contribution in [3.8, 4) is 11.1 Å². The van der Waals surface area contributed by atoms with Crippen molar-refractivity contribution in [1.82, 2.24) is 5.32 Å². The van der Waals surface area contributed by atoms with Crippen molar-refractivity contribution in [2.45, 2.75) is 52.0 Å². The molecule has 4 rings (SSSR count). The molecule has 1 amide bonds. The number of benzene rings is 2. The van der Waals surface area contributed by atoms with Crippen molar-refractivity contribution in [3.05, 3.63) is 64.7 Å². The van der Waals surface area contributed by atoms with Crippen LogP contribution < -0.4 is 5.32 Å². The molecule has 2 aromatic rings. The SMILES string of the molecule is CCC(=O)OC1=C(c2c(C)ccc(-c3ccc(F)cc3)c2CC)C(=O)NC12CCOCC2. The molecule has 1 saturated heterocycles. The van der Waals surface area contributed by atoms with Crippen molar-refractivity contribution in [1.29, 1.82) is 0 Å². The van der Waals surface area contributed by atoms with Gasteiger partial charge >= 0.3 is 5.97 Å². The van der Waals surface area contributed by atoms with E-state index in [0.717, 1.165) is 27.8 Å². The summed E-state index contributed by atoms with van der Waals surface area (Å²) in [7, 11) is 0. The van der Waals surface area contributed by atoms with E-state index in [2.05, 4.69) is 5.32 Å². The zero-order valence-electron chi connectivity index (χ0n) is 18.7. The van der Waals surface area contributed by atoms with Crippen molar-refractivity contribution < 1.29 is 23.5 Å². The average Bonchev–Trinajstić information content (AvgIpc) is 3.04. The van der Waals surface area contributed by atoms with E-state index in [0.29, 0.717) is 43.8 Å². The Bertz CT molecular complexity index is 1080. The van der Waals surface area contributed by atoms with Crippen LogP contribution in [0, 0.1) is 12.7 Å². The minimum absolute atomic E-state index is 0.215. The molecule has 1 fully saturated rings. The van der Waals surface area contributed by atoms with Gasteiger partial charge in [0, 0.05) is 32.5 Å². The number of amides is 1. The van der Waals surface area contributed by atoms with E-state index in [1.165, 1.54) is 12.1 Å². The summed E-state index contributed by atoms with van der Waals surface area (Å²) in [6.07, 6.45) is 1.97. The highest BCUT2D eigenvalue weighted by Gasteiger charge is 2.49. The molecule has 0 bridgehead atoms. The Morgan fingerprint density at radius 1 is 1.12 bits per heavy atom. The summed E-state index contributed by atoms with van der Waals surface area (Å²) in [5, 5.41) is 3.12. The van der Waals surface area contributed by atoms with Crippen LogP contribution in [0.15, 0.2) is 42.2 Å². The van der Waals surface area contributed by atoms with Gasteiger partial charge in [-0.25, -0.2) is 4.39 Å². The van der Waals surface area contributed by atoms with E-state index in [1.54, 1.807) is 19.1 Å². The van der Waals surface area contributed by atoms with E-state index in [-0.39, 0.29) is 24.1 Å². The Morgan fingerprint density at radius 2 is 1.81 bits per heavy atom. The van der Waals surface area contributed by atoms with Gasteiger partial charge in [-0.15, -0.1) is 0 Å². The number of aryl methyl sites for hydroxylation is 1. The van der Waals surface area contributed by atoms with E-state index in [9.17, 15) is 14.0 Å². The number of nitrogens with one attached hydrogen (secondary N) is 1. The lowest BCUT2D eigenvalue weighted by Gasteiger charge is -2.34. The molecular weight excluding hydrogens is 409 g/mol. The van der Waals surface area contributed by atoms with Crippen molar-refractivity contribution in [2.24, 2.45) is 0 Å². The number of esters is 1. The molecule has 2 heterocycles. The van der Waals surface area contributed by atoms with Crippen LogP contribution in [-0.4, -0.2) is 30.6 Å². The molecule has 0 radical (unpaired) electrons. The Balaban J connectivity index is 1.96. The monoisotopic (exact) mass is 437 g/mol. The second-order valence-corrected chi connectivity index (χ2v) is 8.32. The third kappa shape index (κ3) is 3.84. The van der Waals surface area contributed by atoms with Gasteiger partial charge < -0.3 is 14.8 Å². The van der Waals surface area contributed by atoms with Crippen LogP contribution in [0.1, 0.15) is 49.8 Å². The molecule has 0 saturated carbocycles. The summed E-state index contributed by atoms with van der Waals surface area (Å²) in [6.45, 7) is 6.69. The molecule has 6 heteroatoms. The highest BCUT2D eigenvalue weighted by molar-refractivity contribution is 6.24. The van der Waals surface area contributed by atoms with E-state index in [1.807, 2.05) is 26.0 Å². The maximum atomic E-state index is 13.5. The van der Waals surface area contributed by atoms with Crippen LogP contribution in [0.25, 0.3) is 16.7 Å². The molecule has 2 aromatic carbocycles. The van der Waals surface area contributed by atoms with Gasteiger partial charge in [0.05, 0.1) is 5.57 Å². The largest absolute Gasteiger partial charge is 0.428 e. The van der Waals surface area contributed by atoms with Gasteiger partial charge in [-0.05, 0) is 53.3 Å². The molecule has 1 N–H and O–H groups in total. The number of carbonyl (C=O) groups is 2. The molecule has 168 valence electrons. The molecule has 5 nitrogen and oxygen atoms in total. The van der Waals surface area contributed by atoms with Crippen LogP contribution in [0.3, 0.4) is 0 Å². The highest BCUT2D eigenvalue weighted by Crippen LogP contribution is 2.43. The van der Waals surface area contributed by atoms with Gasteiger partial charge in [0.25, 0.3) is 5.91 Å². The Hall–Kier alpha value is -2.99. The van der Waals surface area contributed by atoms with Gasteiger partial charge in [0.15, 0.2) is 0 Å². The number of carbonyl (C=O) groups excluding carboxylic acids is 2. The second-order valence-electron chi connectivity index (χ2n) is 8.32. The zero-order chi connectivity index (χ0) is 22.9. The van der Waals surface area contributed by atoms with Crippen molar-refractivity contribution >= 4 is 17.4 Å². The van der Waals surface area contributed by atoms with Gasteiger partial charge in [-0.2, -0.15) is 0 Å². The number of halogens is 1. The highest BCUT2D eigenvalue weighted by atomic mass is 19.1. The minimum Gasteiger partial charge on any atom is -0.428 e. The lowest BCUT2D eigenvalue weighted by molar-refractivity contribution is -0.141. The van der Waals surface area contributed by atoms with E-state index < -0.39 is 5.54 Å². The summed E-state index contributed by atoms with van der Waals surface area (Å²) in [5.41, 5.74) is 4.17. The Kier molecular flexibility index (Phi) is 6.15. The van der Waals surface area contributed by atoms with Gasteiger partial charge in [-0.3, -0.25) is 9.59 Å². The predicted octanol–water partition coefficient (Wildman–Crippen LogP) is 4.71. The normalized spacial score (nSPS) is 17.6. The topological polar surface area (TPSA) is 64.6 Å². The number of ether oxygens (including phenoxy) is 2. The van der Waals surface area contributed by atoms with Gasteiger partial charge in [0.1, 0.15) is 17.1 Å². The maximum absolute atomic E-state index is 13.5. The maximum Gasteiger partial charge on any atom is 0.310 e. The van der Waals surface area contributed by atoms with Crippen LogP contribution in [0.2, 0.25) is 0 Å². The average molecular weight is 438 g/mol. The lowest BCUT2D eigenvalue weighted by atomic mass is 9.84. The Labute approximate surface area is 187 Å². The third-order valence-electron chi connectivity index (χ3n) is 6.37. The Morgan fingerprint density at radius 3 is 2.44 bits per heavy atom. The minimum atomic E-state index is -0.737. The second kappa shape index (κ2) is 8.87. The molecule has 0 aromatic heterocycles. The molecule has 2 aliphatic rings. The van der Waals surface area contributed by atoms with Crippen LogP contribution in [0.4, 0.5) is 4.39 Å². The number of hydrogen-bond donors (Lipinski definition) is 1. The fourth-order valence-electron chi connectivity index (χ4n) is 4.69. The molecule has 0 aliphatic carbocycles. The van der Waals surface area contributed by atoms with Crippen molar-refractivity contribution in [3.63, 3.8) is 0 Å². The van der Waals surface area contributed by atoms with E-state index in [4.69, 9.17) is 9.47 Å². The summed E-state index contributed by atoms with van der Waals surface area (Å²) >= 11 is 0. The van der Waals surface area contributed by atoms with Crippen molar-refractivity contribution in [2.75, 3.05) is 13.2 Å². The van der Waals surface area contributed by atoms with E-state index >= 15 is 0 Å². The first-order valence-corrected chi connectivity index (χ1v) is 11.1. The third-order valence-corrected chi connectivity index (χ3v) is 6.37. The summed E-state index contributed by atoms with van der Waals surface area (Å²) in [5.74, 6) is -0.496. The smallest absolute Gasteiger partial charge is 0.310 e. The van der Waals surface area contributed by atoms with Crippen LogP contribution in [0.5, 0.6) is 0 Å². The van der Waals surface area contributed by atoms with Crippen LogP contribution in [-0.2, 0) is 25.5 Å². The summed E-state index contributed by atoms with van der Waals surface area (Å²) in [4.78, 5) is 25.8. The fourth-order valence-corrected chi connectivity index (χ4v) is 4.69. The first-order valence-electron chi connectivity index (χ1n) is 11.1. The molecule has 2 aliphatic heterocycles. The van der Waals surface area contributed by atoms with Crippen LogP contribution >= 0.6 is 0 Å². The summed E-state index contributed by atoms with van der Waals surface area (Å²) < 4.78 is 24.9. The summed E-state index contributed by atoms with van der Waals surface area (Å²) in [6, 6.07) is 10.3.